The van der Waals surface area contributed by atoms with Crippen LogP contribution in [0.1, 0.15) is 68.0 Å². The Balaban J connectivity index is 0.000000189. The van der Waals surface area contributed by atoms with Gasteiger partial charge in [0, 0.05) is 82.1 Å². The van der Waals surface area contributed by atoms with Gasteiger partial charge in [0.15, 0.2) is 11.5 Å². The fraction of sp³-hybridized carbons (Fsp3) is 0.564. The van der Waals surface area contributed by atoms with Crippen molar-refractivity contribution in [3.05, 3.63) is 66.6 Å². The minimum absolute atomic E-state index is 0.0111. The number of carbonyl (C=O) groups excluding carboxylic acids is 2. The van der Waals surface area contributed by atoms with Crippen LogP contribution in [0.2, 0.25) is 0 Å². The van der Waals surface area contributed by atoms with Gasteiger partial charge in [-0.05, 0) is 91.3 Å². The minimum Gasteiger partial charge on any atom is -0.351 e. The van der Waals surface area contributed by atoms with E-state index in [4.69, 9.17) is 0 Å². The van der Waals surface area contributed by atoms with Crippen LogP contribution in [-0.4, -0.2) is 123 Å². The zero-order chi connectivity index (χ0) is 45.5. The third kappa shape index (κ3) is 11.3. The van der Waals surface area contributed by atoms with Gasteiger partial charge in [0.2, 0.25) is 22.0 Å². The van der Waals surface area contributed by atoms with Crippen molar-refractivity contribution in [1.29, 1.82) is 0 Å². The second-order valence-corrected chi connectivity index (χ2v) is 24.8. The molecule has 4 aromatic heterocycles. The SMILES string of the molecule is C=S1(=O)CCC(C(=O)N2CCN(c3ccc(C(F)(F)F)nn3)CC2c2ccc(C)s2)CC1.Cc1ccc(C2CN(c3nnc(C(F)(F)F)s3)CCN2C(=O)C2CCS(=O)(=O)CC2)s1. The maximum absolute atomic E-state index is 13.4. The lowest BCUT2D eigenvalue weighted by molar-refractivity contribution is -0.142. The van der Waals surface area contributed by atoms with Gasteiger partial charge in [0.05, 0.1) is 23.6 Å². The van der Waals surface area contributed by atoms with E-state index in [0.29, 0.717) is 93.6 Å². The first kappa shape index (κ1) is 47.1. The predicted octanol–water partition coefficient (Wildman–Crippen LogP) is 6.52. The van der Waals surface area contributed by atoms with Crippen LogP contribution in [0.4, 0.5) is 37.3 Å². The van der Waals surface area contributed by atoms with Gasteiger partial charge in [-0.15, -0.1) is 43.1 Å². The number of hydrogen-bond acceptors (Lipinski definition) is 14. The predicted molar refractivity (Wildman–Crippen MR) is 232 cm³/mol. The third-order valence-corrected chi connectivity index (χ3v) is 18.5. The van der Waals surface area contributed by atoms with E-state index >= 15 is 0 Å². The van der Waals surface area contributed by atoms with Crippen LogP contribution in [-0.2, 0) is 41.3 Å². The second kappa shape index (κ2) is 18.6. The average Bonchev–Trinajstić information content (AvgIpc) is 4.02. The van der Waals surface area contributed by atoms with Crippen LogP contribution in [0.3, 0.4) is 0 Å². The molecule has 63 heavy (non-hydrogen) atoms. The van der Waals surface area contributed by atoms with E-state index in [0.717, 1.165) is 25.6 Å². The van der Waals surface area contributed by atoms with Crippen LogP contribution in [0, 0.1) is 25.7 Å². The van der Waals surface area contributed by atoms with Crippen LogP contribution in [0.15, 0.2) is 36.4 Å². The monoisotopic (exact) mass is 980 g/mol. The van der Waals surface area contributed by atoms with Crippen molar-refractivity contribution in [1.82, 2.24) is 30.2 Å². The Morgan fingerprint density at radius 3 is 1.59 bits per heavy atom. The standard InChI is InChI=1S/C21H25F3N4O2S2.C18H21F3N4O3S3/c1-14-3-4-17(31-14)16-13-27(19-6-5-18(25-26-19)21(22,23)24)9-10-28(16)20(29)15-7-11-32(2,30)12-8-15;1-11-2-3-14(29-11)13-10-24(17-23-22-16(30-17)18(19,20)21)6-7-25(13)15(26)12-4-8-31(27,28)9-5-12/h3-6,15-16H,2,7-13H2,1H3;2-3,12-13H,4-10H2,1H3. The first-order valence-corrected chi connectivity index (χ1v) is 26.5. The molecule has 2 amide bonds. The lowest BCUT2D eigenvalue weighted by Gasteiger charge is -2.43. The van der Waals surface area contributed by atoms with Gasteiger partial charge in [-0.1, -0.05) is 11.3 Å². The summed E-state index contributed by atoms with van der Waals surface area (Å²) in [5.74, 6) is 4.53. The maximum atomic E-state index is 13.4. The van der Waals surface area contributed by atoms with Crippen LogP contribution >= 0.6 is 34.0 Å². The van der Waals surface area contributed by atoms with Crippen molar-refractivity contribution in [3.8, 4) is 0 Å². The number of halogens is 6. The molecule has 0 bridgehead atoms. The molecule has 13 nitrogen and oxygen atoms in total. The summed E-state index contributed by atoms with van der Waals surface area (Å²) in [5.41, 5.74) is -1.03. The Labute approximate surface area is 373 Å². The van der Waals surface area contributed by atoms with Crippen molar-refractivity contribution in [3.63, 3.8) is 0 Å². The Bertz CT molecular complexity index is 2460. The summed E-state index contributed by atoms with van der Waals surface area (Å²) in [6.07, 6.45) is -7.32. The molecule has 0 aliphatic carbocycles. The summed E-state index contributed by atoms with van der Waals surface area (Å²) in [4.78, 5) is 38.1. The lowest BCUT2D eigenvalue weighted by atomic mass is 9.98. The van der Waals surface area contributed by atoms with Crippen molar-refractivity contribution in [2.45, 2.75) is 64.0 Å². The molecular weight excluding hydrogens is 935 g/mol. The van der Waals surface area contributed by atoms with E-state index in [9.17, 15) is 48.6 Å². The molecule has 0 spiro atoms. The molecular formula is C39H46F6N8O5S5. The molecule has 4 aromatic rings. The summed E-state index contributed by atoms with van der Waals surface area (Å²) in [5, 5.41) is 13.3. The van der Waals surface area contributed by atoms with E-state index in [-0.39, 0.29) is 52.4 Å². The van der Waals surface area contributed by atoms with Gasteiger partial charge in [-0.25, -0.2) is 8.42 Å². The number of amides is 2. The number of piperazine rings is 2. The molecule has 0 N–H and O–H groups in total. The maximum Gasteiger partial charge on any atom is 0.445 e. The molecule has 344 valence electrons. The number of carbonyl (C=O) groups is 2. The van der Waals surface area contributed by atoms with Gasteiger partial charge in [-0.3, -0.25) is 13.8 Å². The smallest absolute Gasteiger partial charge is 0.351 e. The molecule has 4 saturated heterocycles. The number of aromatic nitrogens is 4. The third-order valence-electron chi connectivity index (χ3n) is 11.6. The number of hydrogen-bond donors (Lipinski definition) is 0. The second-order valence-electron chi connectivity index (χ2n) is 16.1. The van der Waals surface area contributed by atoms with E-state index < -0.39 is 42.4 Å². The number of anilines is 2. The quantitative estimate of drug-likeness (QED) is 0.154. The van der Waals surface area contributed by atoms with Crippen LogP contribution < -0.4 is 9.80 Å². The number of aryl methyl sites for hydroxylation is 2. The van der Waals surface area contributed by atoms with Gasteiger partial charge in [0.1, 0.15) is 9.84 Å². The zero-order valence-corrected chi connectivity index (χ0v) is 38.4. The van der Waals surface area contributed by atoms with Gasteiger partial charge in [0.25, 0.3) is 0 Å². The number of rotatable bonds is 6. The van der Waals surface area contributed by atoms with E-state index in [1.165, 1.54) is 17.4 Å². The van der Waals surface area contributed by atoms with Crippen LogP contribution in [0.5, 0.6) is 0 Å². The molecule has 0 aromatic carbocycles. The van der Waals surface area contributed by atoms with Gasteiger partial charge >= 0.3 is 12.4 Å². The van der Waals surface area contributed by atoms with Crippen molar-refractivity contribution < 1.29 is 48.6 Å². The summed E-state index contributed by atoms with van der Waals surface area (Å²) in [7, 11) is -5.15. The molecule has 4 aliphatic heterocycles. The largest absolute Gasteiger partial charge is 0.445 e. The first-order chi connectivity index (χ1) is 29.6. The number of sulfone groups is 1. The highest BCUT2D eigenvalue weighted by atomic mass is 32.2. The van der Waals surface area contributed by atoms with Crippen molar-refractivity contribution >= 4 is 82.0 Å². The normalized spacial score (nSPS) is 24.8. The lowest BCUT2D eigenvalue weighted by Crippen LogP contribution is -2.53. The molecule has 0 radical (unpaired) electrons. The van der Waals surface area contributed by atoms with Crippen molar-refractivity contribution in [2.24, 2.45) is 11.8 Å². The molecule has 4 aliphatic rings. The summed E-state index contributed by atoms with van der Waals surface area (Å²) in [6.45, 7) is 6.22. The number of nitrogens with zero attached hydrogens (tertiary/aromatic N) is 8. The number of thiophene rings is 2. The molecule has 8 rings (SSSR count). The Hall–Kier alpha value is -3.87. The fourth-order valence-corrected chi connectivity index (χ4v) is 14.0. The van der Waals surface area contributed by atoms with E-state index in [1.807, 2.05) is 47.9 Å². The zero-order valence-electron chi connectivity index (χ0n) is 34.3. The Morgan fingerprint density at radius 1 is 0.635 bits per heavy atom. The molecule has 24 heteroatoms. The summed E-state index contributed by atoms with van der Waals surface area (Å²) >= 11 is 3.64. The summed E-state index contributed by atoms with van der Waals surface area (Å²) in [6, 6.07) is 9.57. The molecule has 2 unspecified atom stereocenters. The topological polar surface area (TPSA) is 150 Å². The fourth-order valence-electron chi connectivity index (χ4n) is 8.14. The van der Waals surface area contributed by atoms with E-state index in [1.54, 1.807) is 21.1 Å². The van der Waals surface area contributed by atoms with Crippen molar-refractivity contribution in [2.75, 3.05) is 72.1 Å². The average molecular weight is 981 g/mol. The minimum atomic E-state index is -4.54. The summed E-state index contributed by atoms with van der Waals surface area (Å²) < 4.78 is 113. The Kier molecular flexibility index (Phi) is 13.9. The molecule has 0 saturated carbocycles. The van der Waals surface area contributed by atoms with Gasteiger partial charge in [-0.2, -0.15) is 26.3 Å². The van der Waals surface area contributed by atoms with Gasteiger partial charge < -0.3 is 19.6 Å². The highest BCUT2D eigenvalue weighted by molar-refractivity contribution is 8.00. The number of alkyl halides is 6. The molecule has 4 fully saturated rings. The van der Waals surface area contributed by atoms with E-state index in [2.05, 4.69) is 26.3 Å². The Morgan fingerprint density at radius 2 is 1.14 bits per heavy atom. The first-order valence-electron chi connectivity index (χ1n) is 20.1. The highest BCUT2D eigenvalue weighted by Gasteiger charge is 2.42. The molecule has 8 heterocycles. The van der Waals surface area contributed by atoms with Crippen LogP contribution in [0.25, 0.3) is 0 Å². The highest BCUT2D eigenvalue weighted by Crippen LogP contribution is 2.39. The molecule has 2 atom stereocenters.